The first-order chi connectivity index (χ1) is 15.1. The van der Waals surface area contributed by atoms with Gasteiger partial charge in [-0.15, -0.1) is 0 Å². The fraction of sp³-hybridized carbons (Fsp3) is 0.0385. The standard InChI is InChI=1S/C26H21N3O2/c1-18-6-2-11-22(16-18)28-26(31)21-9-3-7-19(17-21)13-14-24(30)29-23-12-4-8-20-10-5-15-27-25(20)23/h2-17H,1H3,(H,28,31)(H,29,30)/b14-13+. The lowest BCUT2D eigenvalue weighted by Gasteiger charge is -2.07. The van der Waals surface area contributed by atoms with Crippen molar-refractivity contribution >= 4 is 40.2 Å². The summed E-state index contributed by atoms with van der Waals surface area (Å²) in [7, 11) is 0. The number of amides is 2. The summed E-state index contributed by atoms with van der Waals surface area (Å²) in [5.41, 5.74) is 4.47. The number of carbonyl (C=O) groups excluding carboxylic acids is 2. The highest BCUT2D eigenvalue weighted by atomic mass is 16.2. The molecule has 0 atom stereocenters. The number of fused-ring (bicyclic) bond motifs is 1. The SMILES string of the molecule is Cc1cccc(NC(=O)c2cccc(/C=C/C(=O)Nc3cccc4cccnc34)c2)c1. The molecule has 0 aliphatic rings. The highest BCUT2D eigenvalue weighted by molar-refractivity contribution is 6.07. The molecule has 5 heteroatoms. The molecule has 0 saturated carbocycles. The van der Waals surface area contributed by atoms with Gasteiger partial charge in [0.05, 0.1) is 11.2 Å². The quantitative estimate of drug-likeness (QED) is 0.432. The molecule has 4 aromatic rings. The third-order valence-electron chi connectivity index (χ3n) is 4.74. The average Bonchev–Trinajstić information content (AvgIpc) is 2.78. The molecule has 2 N–H and O–H groups in total. The van der Waals surface area contributed by atoms with Crippen molar-refractivity contribution in [3.63, 3.8) is 0 Å². The van der Waals surface area contributed by atoms with Gasteiger partial charge in [-0.1, -0.05) is 42.5 Å². The van der Waals surface area contributed by atoms with E-state index in [0.29, 0.717) is 11.3 Å². The van der Waals surface area contributed by atoms with Crippen molar-refractivity contribution in [2.45, 2.75) is 6.92 Å². The van der Waals surface area contributed by atoms with Crippen molar-refractivity contribution in [2.24, 2.45) is 0 Å². The first-order valence-corrected chi connectivity index (χ1v) is 9.89. The van der Waals surface area contributed by atoms with Gasteiger partial charge in [0, 0.05) is 28.9 Å². The van der Waals surface area contributed by atoms with E-state index < -0.39 is 0 Å². The Morgan fingerprint density at radius 3 is 2.55 bits per heavy atom. The van der Waals surface area contributed by atoms with Gasteiger partial charge in [-0.25, -0.2) is 0 Å². The van der Waals surface area contributed by atoms with Crippen LogP contribution >= 0.6 is 0 Å². The molecule has 2 amide bonds. The number of hydrogen-bond acceptors (Lipinski definition) is 3. The Morgan fingerprint density at radius 2 is 1.68 bits per heavy atom. The van der Waals surface area contributed by atoms with Gasteiger partial charge in [0.25, 0.3) is 5.91 Å². The number of anilines is 2. The summed E-state index contributed by atoms with van der Waals surface area (Å²) in [6.45, 7) is 1.97. The number of aryl methyl sites for hydroxylation is 1. The molecule has 0 fully saturated rings. The largest absolute Gasteiger partial charge is 0.322 e. The molecular formula is C26H21N3O2. The minimum atomic E-state index is -0.271. The van der Waals surface area contributed by atoms with Crippen LogP contribution in [0.3, 0.4) is 0 Å². The second-order valence-electron chi connectivity index (χ2n) is 7.15. The Morgan fingerprint density at radius 1 is 0.871 bits per heavy atom. The average molecular weight is 407 g/mol. The number of nitrogens with one attached hydrogen (secondary N) is 2. The monoisotopic (exact) mass is 407 g/mol. The van der Waals surface area contributed by atoms with Crippen LogP contribution in [0.4, 0.5) is 11.4 Å². The van der Waals surface area contributed by atoms with Gasteiger partial charge in [0.2, 0.25) is 5.91 Å². The molecule has 31 heavy (non-hydrogen) atoms. The molecule has 1 heterocycles. The Bertz CT molecular complexity index is 1290. The molecule has 0 aliphatic heterocycles. The molecule has 3 aromatic carbocycles. The summed E-state index contributed by atoms with van der Waals surface area (Å²) in [4.78, 5) is 29.3. The smallest absolute Gasteiger partial charge is 0.255 e. The zero-order chi connectivity index (χ0) is 21.6. The van der Waals surface area contributed by atoms with Crippen molar-refractivity contribution in [3.05, 3.63) is 108 Å². The highest BCUT2D eigenvalue weighted by Crippen LogP contribution is 2.20. The number of benzene rings is 3. The van der Waals surface area contributed by atoms with Crippen LogP contribution < -0.4 is 10.6 Å². The zero-order valence-electron chi connectivity index (χ0n) is 17.0. The van der Waals surface area contributed by atoms with Gasteiger partial charge >= 0.3 is 0 Å². The second kappa shape index (κ2) is 9.05. The predicted octanol–water partition coefficient (Wildman–Crippen LogP) is 5.45. The maximum absolute atomic E-state index is 12.6. The van der Waals surface area contributed by atoms with Gasteiger partial charge in [-0.2, -0.15) is 0 Å². The van der Waals surface area contributed by atoms with Crippen LogP contribution in [0, 0.1) is 6.92 Å². The lowest BCUT2D eigenvalue weighted by atomic mass is 10.1. The van der Waals surface area contributed by atoms with Gasteiger partial charge < -0.3 is 10.6 Å². The van der Waals surface area contributed by atoms with Crippen LogP contribution in [0.1, 0.15) is 21.5 Å². The van der Waals surface area contributed by atoms with Crippen LogP contribution in [0.2, 0.25) is 0 Å². The number of rotatable bonds is 5. The Labute approximate surface area is 180 Å². The molecule has 152 valence electrons. The number of aromatic nitrogens is 1. The Kier molecular flexibility index (Phi) is 5.85. The van der Waals surface area contributed by atoms with Crippen LogP contribution in [0.25, 0.3) is 17.0 Å². The Hall–Kier alpha value is -4.25. The summed E-state index contributed by atoms with van der Waals surface area (Å²) >= 11 is 0. The van der Waals surface area contributed by atoms with E-state index in [4.69, 9.17) is 0 Å². The molecule has 0 bridgehead atoms. The van der Waals surface area contributed by atoms with E-state index in [-0.39, 0.29) is 11.8 Å². The normalized spacial score (nSPS) is 10.9. The van der Waals surface area contributed by atoms with Crippen molar-refractivity contribution in [1.29, 1.82) is 0 Å². The minimum absolute atomic E-state index is 0.202. The van der Waals surface area contributed by atoms with E-state index in [1.807, 2.05) is 67.6 Å². The van der Waals surface area contributed by atoms with Crippen LogP contribution in [-0.4, -0.2) is 16.8 Å². The van der Waals surface area contributed by atoms with Crippen molar-refractivity contribution in [1.82, 2.24) is 4.98 Å². The van der Waals surface area contributed by atoms with Gasteiger partial charge in [0.15, 0.2) is 0 Å². The predicted molar refractivity (Wildman–Crippen MR) is 125 cm³/mol. The fourth-order valence-corrected chi connectivity index (χ4v) is 3.26. The molecule has 0 saturated heterocycles. The van der Waals surface area contributed by atoms with E-state index in [9.17, 15) is 9.59 Å². The molecular weight excluding hydrogens is 386 g/mol. The maximum Gasteiger partial charge on any atom is 0.255 e. The van der Waals surface area contributed by atoms with Crippen molar-refractivity contribution < 1.29 is 9.59 Å². The molecule has 0 radical (unpaired) electrons. The van der Waals surface area contributed by atoms with Crippen LogP contribution in [0.5, 0.6) is 0 Å². The first-order valence-electron chi connectivity index (χ1n) is 9.89. The summed E-state index contributed by atoms with van der Waals surface area (Å²) in [5.74, 6) is -0.472. The molecule has 0 spiro atoms. The molecule has 1 aromatic heterocycles. The number of nitrogens with zero attached hydrogens (tertiary/aromatic N) is 1. The third-order valence-corrected chi connectivity index (χ3v) is 4.74. The van der Waals surface area contributed by atoms with E-state index in [0.717, 1.165) is 27.7 Å². The number of para-hydroxylation sites is 1. The molecule has 5 nitrogen and oxygen atoms in total. The summed E-state index contributed by atoms with van der Waals surface area (Å²) < 4.78 is 0. The number of hydrogen-bond donors (Lipinski definition) is 2. The van der Waals surface area contributed by atoms with Gasteiger partial charge in [-0.05, 0) is 60.5 Å². The zero-order valence-corrected chi connectivity index (χ0v) is 17.0. The lowest BCUT2D eigenvalue weighted by molar-refractivity contribution is -0.111. The number of carbonyl (C=O) groups is 2. The summed E-state index contributed by atoms with van der Waals surface area (Å²) in [5, 5.41) is 6.71. The molecule has 0 aliphatic carbocycles. The topological polar surface area (TPSA) is 71.1 Å². The fourth-order valence-electron chi connectivity index (χ4n) is 3.26. The maximum atomic E-state index is 12.6. The van der Waals surface area contributed by atoms with Gasteiger partial charge in [0.1, 0.15) is 0 Å². The van der Waals surface area contributed by atoms with Crippen LogP contribution in [-0.2, 0) is 4.79 Å². The van der Waals surface area contributed by atoms with Crippen LogP contribution in [0.15, 0.2) is 91.1 Å². The Balaban J connectivity index is 1.45. The first kappa shape index (κ1) is 20.0. The van der Waals surface area contributed by atoms with Crippen molar-refractivity contribution in [2.75, 3.05) is 10.6 Å². The molecule has 4 rings (SSSR count). The molecule has 0 unspecified atom stereocenters. The number of pyridine rings is 1. The van der Waals surface area contributed by atoms with E-state index >= 15 is 0 Å². The van der Waals surface area contributed by atoms with E-state index in [1.165, 1.54) is 6.08 Å². The van der Waals surface area contributed by atoms with E-state index in [1.54, 1.807) is 30.5 Å². The third kappa shape index (κ3) is 5.03. The summed E-state index contributed by atoms with van der Waals surface area (Å²) in [6, 6.07) is 24.2. The second-order valence-corrected chi connectivity index (χ2v) is 7.15. The highest BCUT2D eigenvalue weighted by Gasteiger charge is 2.07. The van der Waals surface area contributed by atoms with Crippen molar-refractivity contribution in [3.8, 4) is 0 Å². The minimum Gasteiger partial charge on any atom is -0.322 e. The van der Waals surface area contributed by atoms with Gasteiger partial charge in [-0.3, -0.25) is 14.6 Å². The summed E-state index contributed by atoms with van der Waals surface area (Å²) in [6.07, 6.45) is 4.82. The van der Waals surface area contributed by atoms with E-state index in [2.05, 4.69) is 15.6 Å². The lowest BCUT2D eigenvalue weighted by Crippen LogP contribution is -2.12.